The van der Waals surface area contributed by atoms with Crippen molar-refractivity contribution in [3.8, 4) is 0 Å². The second-order valence-corrected chi connectivity index (χ2v) is 7.12. The Balaban J connectivity index is 2.74. The predicted molar refractivity (Wildman–Crippen MR) is 61.5 cm³/mol. The van der Waals surface area contributed by atoms with Gasteiger partial charge in [0.1, 0.15) is 0 Å². The summed E-state index contributed by atoms with van der Waals surface area (Å²) in [5.41, 5.74) is -2.77. The van der Waals surface area contributed by atoms with Crippen molar-refractivity contribution in [1.82, 2.24) is 4.90 Å². The molecule has 1 N–H and O–H groups in total. The van der Waals surface area contributed by atoms with Crippen molar-refractivity contribution < 1.29 is 31.5 Å². The summed E-state index contributed by atoms with van der Waals surface area (Å²) in [6.07, 6.45) is -5.38. The fraction of sp³-hybridized carbons (Fsp3) is 0.900. The second-order valence-electron chi connectivity index (χ2n) is 4.65. The van der Waals surface area contributed by atoms with Gasteiger partial charge in [-0.25, -0.2) is 8.42 Å². The van der Waals surface area contributed by atoms with E-state index >= 15 is 0 Å². The van der Waals surface area contributed by atoms with E-state index < -0.39 is 40.4 Å². The molecular weight excluding hydrogens is 287 g/mol. The first kappa shape index (κ1) is 16.2. The molecular formula is C10H16F3NO4S. The molecule has 9 heteroatoms. The molecule has 19 heavy (non-hydrogen) atoms. The van der Waals surface area contributed by atoms with Crippen molar-refractivity contribution in [2.75, 3.05) is 31.1 Å². The SMILES string of the molecule is CCS(=O)(=O)CCN1CCC(C(=O)O)(C(F)(F)F)C1. The number of likely N-dealkylation sites (tertiary alicyclic amines) is 1. The van der Waals surface area contributed by atoms with Crippen molar-refractivity contribution in [1.29, 1.82) is 0 Å². The van der Waals surface area contributed by atoms with E-state index in [9.17, 15) is 26.4 Å². The van der Waals surface area contributed by atoms with E-state index in [1.165, 1.54) is 11.8 Å². The number of hydrogen-bond donors (Lipinski definition) is 1. The molecule has 0 aromatic heterocycles. The van der Waals surface area contributed by atoms with Crippen LogP contribution in [0.1, 0.15) is 13.3 Å². The minimum absolute atomic E-state index is 0.0644. The fourth-order valence-electron chi connectivity index (χ4n) is 2.02. The lowest BCUT2D eigenvalue weighted by molar-refractivity contribution is -0.227. The Hall–Kier alpha value is -0.830. The molecule has 0 amide bonds. The monoisotopic (exact) mass is 303 g/mol. The molecule has 1 aliphatic rings. The van der Waals surface area contributed by atoms with Crippen LogP contribution in [0, 0.1) is 5.41 Å². The molecule has 0 aliphatic carbocycles. The molecule has 112 valence electrons. The molecule has 0 aromatic carbocycles. The molecule has 0 spiro atoms. The van der Waals surface area contributed by atoms with Crippen molar-refractivity contribution in [2.45, 2.75) is 19.5 Å². The third-order valence-corrected chi connectivity index (χ3v) is 5.14. The summed E-state index contributed by atoms with van der Waals surface area (Å²) in [5, 5.41) is 8.83. The number of aliphatic carboxylic acids is 1. The molecule has 1 rings (SSSR count). The van der Waals surface area contributed by atoms with Crippen molar-refractivity contribution >= 4 is 15.8 Å². The Morgan fingerprint density at radius 3 is 2.37 bits per heavy atom. The number of carboxylic acid groups (broad SMARTS) is 1. The summed E-state index contributed by atoms with van der Waals surface area (Å²) in [6, 6.07) is 0. The van der Waals surface area contributed by atoms with Crippen molar-refractivity contribution in [3.05, 3.63) is 0 Å². The Labute approximate surface area is 109 Å². The van der Waals surface area contributed by atoms with Gasteiger partial charge in [-0.05, 0) is 13.0 Å². The topological polar surface area (TPSA) is 74.7 Å². The van der Waals surface area contributed by atoms with Crippen LogP contribution in [0.2, 0.25) is 0 Å². The van der Waals surface area contributed by atoms with E-state index in [0.717, 1.165) is 0 Å². The summed E-state index contributed by atoms with van der Waals surface area (Å²) in [5.74, 6) is -2.23. The van der Waals surface area contributed by atoms with Gasteiger partial charge in [0.25, 0.3) is 0 Å². The lowest BCUT2D eigenvalue weighted by Gasteiger charge is -2.27. The maximum absolute atomic E-state index is 12.9. The van der Waals surface area contributed by atoms with Crippen LogP contribution in [0.3, 0.4) is 0 Å². The van der Waals surface area contributed by atoms with Gasteiger partial charge in [-0.2, -0.15) is 13.2 Å². The zero-order valence-electron chi connectivity index (χ0n) is 10.4. The number of carbonyl (C=O) groups is 1. The van der Waals surface area contributed by atoms with Gasteiger partial charge < -0.3 is 10.0 Å². The number of sulfone groups is 1. The average molecular weight is 303 g/mol. The molecule has 0 aromatic rings. The van der Waals surface area contributed by atoms with Gasteiger partial charge in [0, 0.05) is 18.8 Å². The molecule has 1 heterocycles. The van der Waals surface area contributed by atoms with Crippen LogP contribution >= 0.6 is 0 Å². The van der Waals surface area contributed by atoms with E-state index in [-0.39, 0.29) is 24.6 Å². The highest BCUT2D eigenvalue weighted by Gasteiger charge is 2.63. The molecule has 0 bridgehead atoms. The van der Waals surface area contributed by atoms with Crippen molar-refractivity contribution in [3.63, 3.8) is 0 Å². The third kappa shape index (κ3) is 3.38. The van der Waals surface area contributed by atoms with Gasteiger partial charge in [0.15, 0.2) is 15.3 Å². The molecule has 0 radical (unpaired) electrons. The van der Waals surface area contributed by atoms with Crippen LogP contribution in [0.4, 0.5) is 13.2 Å². The minimum atomic E-state index is -4.84. The van der Waals surface area contributed by atoms with Gasteiger partial charge in [0.05, 0.1) is 5.75 Å². The predicted octanol–water partition coefficient (Wildman–Crippen LogP) is 0.760. The van der Waals surface area contributed by atoms with E-state index in [4.69, 9.17) is 5.11 Å². The van der Waals surface area contributed by atoms with Crippen LogP contribution in [-0.2, 0) is 14.6 Å². The average Bonchev–Trinajstić information content (AvgIpc) is 2.71. The summed E-state index contributed by atoms with van der Waals surface area (Å²) in [6.45, 7) is 0.633. The quantitative estimate of drug-likeness (QED) is 0.811. The van der Waals surface area contributed by atoms with Gasteiger partial charge in [0.2, 0.25) is 0 Å². The Morgan fingerprint density at radius 2 is 2.00 bits per heavy atom. The first-order valence-electron chi connectivity index (χ1n) is 5.77. The van der Waals surface area contributed by atoms with E-state index in [0.29, 0.717) is 0 Å². The molecule has 1 saturated heterocycles. The normalized spacial score (nSPS) is 25.7. The van der Waals surface area contributed by atoms with Crippen LogP contribution in [-0.4, -0.2) is 61.7 Å². The van der Waals surface area contributed by atoms with Gasteiger partial charge in [-0.15, -0.1) is 0 Å². The number of alkyl halides is 3. The molecule has 1 atom stereocenters. The number of halogens is 3. The maximum atomic E-state index is 12.9. The zero-order chi connectivity index (χ0) is 14.9. The number of hydrogen-bond acceptors (Lipinski definition) is 4. The van der Waals surface area contributed by atoms with Crippen molar-refractivity contribution in [2.24, 2.45) is 5.41 Å². The van der Waals surface area contributed by atoms with Crippen LogP contribution in [0.25, 0.3) is 0 Å². The van der Waals surface area contributed by atoms with Gasteiger partial charge in [-0.1, -0.05) is 6.92 Å². The van der Waals surface area contributed by atoms with Crippen LogP contribution in [0.5, 0.6) is 0 Å². The maximum Gasteiger partial charge on any atom is 0.406 e. The summed E-state index contributed by atoms with van der Waals surface area (Å²) < 4.78 is 61.1. The first-order valence-corrected chi connectivity index (χ1v) is 7.59. The number of rotatable bonds is 5. The van der Waals surface area contributed by atoms with E-state index in [2.05, 4.69) is 0 Å². The summed E-state index contributed by atoms with van der Waals surface area (Å²) in [4.78, 5) is 12.2. The van der Waals surface area contributed by atoms with Crippen LogP contribution in [0.15, 0.2) is 0 Å². The lowest BCUT2D eigenvalue weighted by atomic mass is 9.86. The second kappa shape index (κ2) is 5.28. The molecule has 1 aliphatic heterocycles. The standard InChI is InChI=1S/C10H16F3NO4S/c1-2-19(17,18)6-5-14-4-3-9(7-14,8(15)16)10(11,12)13/h2-7H2,1H3,(H,15,16). The van der Waals surface area contributed by atoms with Crippen LogP contribution < -0.4 is 0 Å². The summed E-state index contributed by atoms with van der Waals surface area (Å²) >= 11 is 0. The molecule has 5 nitrogen and oxygen atoms in total. The fourth-order valence-corrected chi connectivity index (χ4v) is 2.84. The minimum Gasteiger partial charge on any atom is -0.481 e. The Kier molecular flexibility index (Phi) is 4.51. The van der Waals surface area contributed by atoms with E-state index in [1.54, 1.807) is 0 Å². The third-order valence-electron chi connectivity index (χ3n) is 3.46. The highest BCUT2D eigenvalue weighted by atomic mass is 32.2. The highest BCUT2D eigenvalue weighted by Crippen LogP contribution is 2.45. The smallest absolute Gasteiger partial charge is 0.406 e. The zero-order valence-corrected chi connectivity index (χ0v) is 11.2. The summed E-state index contributed by atoms with van der Waals surface area (Å²) in [7, 11) is -3.27. The largest absolute Gasteiger partial charge is 0.481 e. The Bertz CT molecular complexity index is 448. The Morgan fingerprint density at radius 1 is 1.42 bits per heavy atom. The number of nitrogens with zero attached hydrogens (tertiary/aromatic N) is 1. The van der Waals surface area contributed by atoms with E-state index in [1.807, 2.05) is 0 Å². The lowest BCUT2D eigenvalue weighted by Crippen LogP contribution is -2.47. The first-order chi connectivity index (χ1) is 8.54. The molecule has 1 unspecified atom stereocenters. The van der Waals surface area contributed by atoms with Gasteiger partial charge >= 0.3 is 12.1 Å². The van der Waals surface area contributed by atoms with Gasteiger partial charge in [-0.3, -0.25) is 4.79 Å². The molecule has 0 saturated carbocycles. The number of carboxylic acids is 1. The highest BCUT2D eigenvalue weighted by molar-refractivity contribution is 7.91. The molecule has 1 fully saturated rings.